The van der Waals surface area contributed by atoms with Gasteiger partial charge in [0.25, 0.3) is 5.69 Å². The summed E-state index contributed by atoms with van der Waals surface area (Å²) in [7, 11) is 0. The monoisotopic (exact) mass is 291 g/mol. The Morgan fingerprint density at radius 3 is 2.80 bits per heavy atom. The molecular weight excluding hydrogens is 278 g/mol. The van der Waals surface area contributed by atoms with Gasteiger partial charge in [0.1, 0.15) is 0 Å². The standard InChI is InChI=1S/C14H14ClN3O2/c1-9-5-6-11(8-13(9)18(19)20)10(2)17-12-4-3-7-16-14(12)15/h3-8,10,17H,1-2H3. The van der Waals surface area contributed by atoms with Gasteiger partial charge >= 0.3 is 0 Å². The molecule has 0 spiro atoms. The highest BCUT2D eigenvalue weighted by Crippen LogP contribution is 2.27. The summed E-state index contributed by atoms with van der Waals surface area (Å²) in [6, 6.07) is 8.67. The van der Waals surface area contributed by atoms with Gasteiger partial charge < -0.3 is 5.32 Å². The molecule has 0 aliphatic rings. The van der Waals surface area contributed by atoms with Crippen LogP contribution in [0.2, 0.25) is 5.15 Å². The van der Waals surface area contributed by atoms with Crippen LogP contribution in [0.25, 0.3) is 0 Å². The smallest absolute Gasteiger partial charge is 0.272 e. The minimum atomic E-state index is -0.372. The number of nitro benzene ring substituents is 1. The topological polar surface area (TPSA) is 68.1 Å². The maximum absolute atomic E-state index is 11.0. The molecule has 1 aromatic carbocycles. The molecule has 1 heterocycles. The Morgan fingerprint density at radius 1 is 1.40 bits per heavy atom. The van der Waals surface area contributed by atoms with Crippen LogP contribution in [0.3, 0.4) is 0 Å². The molecule has 0 radical (unpaired) electrons. The number of aryl methyl sites for hydroxylation is 1. The van der Waals surface area contributed by atoms with Crippen molar-refractivity contribution >= 4 is 23.0 Å². The number of nitrogens with one attached hydrogen (secondary N) is 1. The van der Waals surface area contributed by atoms with Gasteiger partial charge in [0.05, 0.1) is 10.6 Å². The molecule has 0 saturated carbocycles. The summed E-state index contributed by atoms with van der Waals surface area (Å²) in [4.78, 5) is 14.6. The summed E-state index contributed by atoms with van der Waals surface area (Å²) in [5.74, 6) is 0. The van der Waals surface area contributed by atoms with Gasteiger partial charge in [0.2, 0.25) is 0 Å². The largest absolute Gasteiger partial charge is 0.376 e. The first-order valence-electron chi connectivity index (χ1n) is 6.11. The number of rotatable bonds is 4. The minimum Gasteiger partial charge on any atom is -0.376 e. The number of pyridine rings is 1. The van der Waals surface area contributed by atoms with Crippen LogP contribution in [0, 0.1) is 17.0 Å². The van der Waals surface area contributed by atoms with Crippen LogP contribution >= 0.6 is 11.6 Å². The number of anilines is 1. The van der Waals surface area contributed by atoms with Gasteiger partial charge in [-0.1, -0.05) is 23.7 Å². The first-order valence-corrected chi connectivity index (χ1v) is 6.49. The lowest BCUT2D eigenvalue weighted by atomic mass is 10.0. The van der Waals surface area contributed by atoms with Crippen LogP contribution in [-0.4, -0.2) is 9.91 Å². The Bertz CT molecular complexity index is 646. The average molecular weight is 292 g/mol. The zero-order chi connectivity index (χ0) is 14.7. The number of hydrogen-bond acceptors (Lipinski definition) is 4. The normalized spacial score (nSPS) is 11.9. The molecule has 0 amide bonds. The predicted molar refractivity (Wildman–Crippen MR) is 79.1 cm³/mol. The molecule has 6 heteroatoms. The van der Waals surface area contributed by atoms with Crippen molar-refractivity contribution in [2.45, 2.75) is 19.9 Å². The average Bonchev–Trinajstić information content (AvgIpc) is 2.41. The molecule has 1 atom stereocenters. The molecule has 0 aliphatic carbocycles. The number of aromatic nitrogens is 1. The highest BCUT2D eigenvalue weighted by molar-refractivity contribution is 6.31. The van der Waals surface area contributed by atoms with E-state index in [1.54, 1.807) is 31.3 Å². The molecule has 0 saturated heterocycles. The van der Waals surface area contributed by atoms with Gasteiger partial charge in [0.15, 0.2) is 5.15 Å². The lowest BCUT2D eigenvalue weighted by Gasteiger charge is -2.16. The molecule has 1 N–H and O–H groups in total. The van der Waals surface area contributed by atoms with E-state index in [2.05, 4.69) is 10.3 Å². The number of benzene rings is 1. The van der Waals surface area contributed by atoms with Gasteiger partial charge in [-0.15, -0.1) is 0 Å². The Hall–Kier alpha value is -2.14. The van der Waals surface area contributed by atoms with Crippen LogP contribution in [0.1, 0.15) is 24.1 Å². The first-order chi connectivity index (χ1) is 9.49. The van der Waals surface area contributed by atoms with Crippen molar-refractivity contribution in [2.75, 3.05) is 5.32 Å². The molecule has 1 unspecified atom stereocenters. The molecule has 5 nitrogen and oxygen atoms in total. The van der Waals surface area contributed by atoms with E-state index < -0.39 is 0 Å². The van der Waals surface area contributed by atoms with E-state index in [-0.39, 0.29) is 16.7 Å². The molecule has 1 aromatic heterocycles. The zero-order valence-corrected chi connectivity index (χ0v) is 11.9. The summed E-state index contributed by atoms with van der Waals surface area (Å²) in [5, 5.41) is 14.5. The van der Waals surface area contributed by atoms with E-state index in [0.29, 0.717) is 16.4 Å². The van der Waals surface area contributed by atoms with Crippen molar-refractivity contribution in [3.05, 3.63) is 62.9 Å². The van der Waals surface area contributed by atoms with E-state index in [4.69, 9.17) is 11.6 Å². The maximum atomic E-state index is 11.0. The van der Waals surface area contributed by atoms with E-state index >= 15 is 0 Å². The van der Waals surface area contributed by atoms with Crippen LogP contribution < -0.4 is 5.32 Å². The lowest BCUT2D eigenvalue weighted by Crippen LogP contribution is -2.08. The van der Waals surface area contributed by atoms with Crippen LogP contribution in [0.15, 0.2) is 36.5 Å². The van der Waals surface area contributed by atoms with Crippen LogP contribution in [-0.2, 0) is 0 Å². The first kappa shape index (κ1) is 14.3. The van der Waals surface area contributed by atoms with E-state index in [9.17, 15) is 10.1 Å². The van der Waals surface area contributed by atoms with Crippen molar-refractivity contribution < 1.29 is 4.92 Å². The molecule has 104 valence electrons. The van der Waals surface area contributed by atoms with E-state index in [1.807, 2.05) is 19.1 Å². The molecule has 0 fully saturated rings. The third-order valence-electron chi connectivity index (χ3n) is 3.06. The summed E-state index contributed by atoms with van der Waals surface area (Å²) in [5.41, 5.74) is 2.28. The van der Waals surface area contributed by atoms with Crippen molar-refractivity contribution in [3.8, 4) is 0 Å². The summed E-state index contributed by atoms with van der Waals surface area (Å²) >= 11 is 5.98. The minimum absolute atomic E-state index is 0.115. The fraction of sp³-hybridized carbons (Fsp3) is 0.214. The van der Waals surface area contributed by atoms with Crippen LogP contribution in [0.4, 0.5) is 11.4 Å². The molecule has 0 bridgehead atoms. The second-order valence-corrected chi connectivity index (χ2v) is 4.87. The number of nitro groups is 1. The maximum Gasteiger partial charge on any atom is 0.272 e. The van der Waals surface area contributed by atoms with Gasteiger partial charge in [-0.2, -0.15) is 0 Å². The van der Waals surface area contributed by atoms with Crippen molar-refractivity contribution in [2.24, 2.45) is 0 Å². The molecule has 2 rings (SSSR count). The van der Waals surface area contributed by atoms with Gasteiger partial charge in [-0.3, -0.25) is 10.1 Å². The fourth-order valence-corrected chi connectivity index (χ4v) is 2.08. The van der Waals surface area contributed by atoms with E-state index in [1.165, 1.54) is 0 Å². The lowest BCUT2D eigenvalue weighted by molar-refractivity contribution is -0.385. The number of halogens is 1. The SMILES string of the molecule is Cc1ccc(C(C)Nc2cccnc2Cl)cc1[N+](=O)[O-]. The predicted octanol–water partition coefficient (Wildman–Crippen LogP) is 4.12. The van der Waals surface area contributed by atoms with Gasteiger partial charge in [-0.25, -0.2) is 4.98 Å². The van der Waals surface area contributed by atoms with Crippen LogP contribution in [0.5, 0.6) is 0 Å². The number of nitrogens with zero attached hydrogens (tertiary/aromatic N) is 2. The Kier molecular flexibility index (Phi) is 4.20. The second kappa shape index (κ2) is 5.88. The Labute approximate surface area is 121 Å². The zero-order valence-electron chi connectivity index (χ0n) is 11.1. The molecular formula is C14H14ClN3O2. The quantitative estimate of drug-likeness (QED) is 0.522. The summed E-state index contributed by atoms with van der Waals surface area (Å²) < 4.78 is 0. The third-order valence-corrected chi connectivity index (χ3v) is 3.36. The fourth-order valence-electron chi connectivity index (χ4n) is 1.90. The summed E-state index contributed by atoms with van der Waals surface area (Å²) in [6.45, 7) is 3.63. The Balaban J connectivity index is 2.26. The second-order valence-electron chi connectivity index (χ2n) is 4.51. The van der Waals surface area contributed by atoms with Crippen molar-refractivity contribution in [3.63, 3.8) is 0 Å². The third kappa shape index (κ3) is 3.05. The highest BCUT2D eigenvalue weighted by Gasteiger charge is 2.15. The molecule has 0 aliphatic heterocycles. The molecule has 20 heavy (non-hydrogen) atoms. The van der Waals surface area contributed by atoms with E-state index in [0.717, 1.165) is 5.56 Å². The molecule has 2 aromatic rings. The highest BCUT2D eigenvalue weighted by atomic mass is 35.5. The van der Waals surface area contributed by atoms with Gasteiger partial charge in [-0.05, 0) is 31.5 Å². The van der Waals surface area contributed by atoms with Gasteiger partial charge in [0, 0.05) is 23.9 Å². The Morgan fingerprint density at radius 2 is 2.15 bits per heavy atom. The summed E-state index contributed by atoms with van der Waals surface area (Å²) in [6.07, 6.45) is 1.61. The van der Waals surface area contributed by atoms with Crippen molar-refractivity contribution in [1.29, 1.82) is 0 Å². The van der Waals surface area contributed by atoms with Crippen molar-refractivity contribution in [1.82, 2.24) is 4.98 Å². The number of hydrogen-bond donors (Lipinski definition) is 1.